The third-order valence-corrected chi connectivity index (χ3v) is 6.16. The quantitative estimate of drug-likeness (QED) is 0.300. The van der Waals surface area contributed by atoms with E-state index in [1.807, 2.05) is 13.0 Å². The van der Waals surface area contributed by atoms with E-state index in [4.69, 9.17) is 9.72 Å². The van der Waals surface area contributed by atoms with E-state index in [-0.39, 0.29) is 5.52 Å². The van der Waals surface area contributed by atoms with Crippen molar-refractivity contribution in [2.24, 2.45) is 0 Å². The first-order valence-corrected chi connectivity index (χ1v) is 9.95. The van der Waals surface area contributed by atoms with E-state index in [1.165, 1.54) is 17.4 Å². The van der Waals surface area contributed by atoms with E-state index in [9.17, 15) is 20.2 Å². The van der Waals surface area contributed by atoms with Gasteiger partial charge in [0.25, 0.3) is 0 Å². The average Bonchev–Trinajstić information content (AvgIpc) is 3.25. The minimum absolute atomic E-state index is 0.286. The molecule has 0 saturated heterocycles. The Balaban J connectivity index is 1.96. The van der Waals surface area contributed by atoms with Crippen LogP contribution in [0.3, 0.4) is 0 Å². The molecule has 0 aliphatic heterocycles. The lowest BCUT2D eigenvalue weighted by Crippen LogP contribution is -1.99. The van der Waals surface area contributed by atoms with Gasteiger partial charge in [0, 0.05) is 24.3 Å². The van der Waals surface area contributed by atoms with Crippen molar-refractivity contribution in [3.8, 4) is 0 Å². The van der Waals surface area contributed by atoms with Crippen LogP contribution in [-0.2, 0) is 11.3 Å². The van der Waals surface area contributed by atoms with Crippen molar-refractivity contribution in [2.75, 3.05) is 7.11 Å². The van der Waals surface area contributed by atoms with Crippen LogP contribution in [0.1, 0.15) is 17.1 Å². The Bertz CT molecular complexity index is 1590. The van der Waals surface area contributed by atoms with Crippen molar-refractivity contribution in [2.45, 2.75) is 20.5 Å². The standard InChI is InChI=1S/C19H14N6O5S/c1-8-4-10(7-30-3)15-16-17(31-19(15)20-8)18-22-11-5-13(24(26)27)14(25(28)29)6-12(11)23(18)9(2)21-16/h4-6H,7H2,1-3H3. The van der Waals surface area contributed by atoms with Crippen molar-refractivity contribution < 1.29 is 14.6 Å². The van der Waals surface area contributed by atoms with Crippen LogP contribution in [-0.4, -0.2) is 36.3 Å². The van der Waals surface area contributed by atoms with Crippen LogP contribution in [0.2, 0.25) is 0 Å². The Labute approximate surface area is 177 Å². The van der Waals surface area contributed by atoms with Crippen LogP contribution < -0.4 is 0 Å². The number of aromatic nitrogens is 4. The van der Waals surface area contributed by atoms with E-state index < -0.39 is 21.2 Å². The maximum atomic E-state index is 11.4. The van der Waals surface area contributed by atoms with Gasteiger partial charge in [-0.05, 0) is 25.5 Å². The molecule has 31 heavy (non-hydrogen) atoms. The molecule has 156 valence electrons. The molecule has 0 N–H and O–H groups in total. The number of aryl methyl sites for hydroxylation is 2. The van der Waals surface area contributed by atoms with E-state index in [0.29, 0.717) is 29.1 Å². The maximum Gasteiger partial charge on any atom is 0.348 e. The molecule has 0 bridgehead atoms. The highest BCUT2D eigenvalue weighted by Gasteiger charge is 2.28. The highest BCUT2D eigenvalue weighted by Crippen LogP contribution is 2.39. The van der Waals surface area contributed by atoms with Crippen molar-refractivity contribution in [3.05, 3.63) is 55.5 Å². The molecule has 12 heteroatoms. The Kier molecular flexibility index (Phi) is 4.10. The van der Waals surface area contributed by atoms with E-state index in [0.717, 1.165) is 32.2 Å². The van der Waals surface area contributed by atoms with Crippen LogP contribution in [0.5, 0.6) is 0 Å². The molecule has 0 aliphatic rings. The van der Waals surface area contributed by atoms with Crippen LogP contribution >= 0.6 is 11.3 Å². The van der Waals surface area contributed by atoms with Gasteiger partial charge in [-0.3, -0.25) is 24.6 Å². The first-order chi connectivity index (χ1) is 14.8. The number of hydrogen-bond acceptors (Lipinski definition) is 9. The van der Waals surface area contributed by atoms with Crippen LogP contribution in [0, 0.1) is 34.1 Å². The fourth-order valence-electron chi connectivity index (χ4n) is 3.91. The molecule has 11 nitrogen and oxygen atoms in total. The summed E-state index contributed by atoms with van der Waals surface area (Å²) in [6.07, 6.45) is 0. The van der Waals surface area contributed by atoms with Crippen molar-refractivity contribution in [3.63, 3.8) is 0 Å². The van der Waals surface area contributed by atoms with Gasteiger partial charge in [0.05, 0.1) is 43.8 Å². The molecule has 0 saturated carbocycles. The molecule has 5 rings (SSSR count). The second-order valence-electron chi connectivity index (χ2n) is 7.09. The normalized spacial score (nSPS) is 11.8. The van der Waals surface area contributed by atoms with E-state index in [2.05, 4.69) is 9.97 Å². The first kappa shape index (κ1) is 19.2. The molecule has 4 heterocycles. The minimum Gasteiger partial charge on any atom is -0.380 e. The number of hydrogen-bond donors (Lipinski definition) is 0. The molecule has 1 aromatic carbocycles. The summed E-state index contributed by atoms with van der Waals surface area (Å²) in [5.41, 5.74) is 2.52. The largest absolute Gasteiger partial charge is 0.380 e. The summed E-state index contributed by atoms with van der Waals surface area (Å²) in [5.74, 6) is 0.553. The number of benzene rings is 1. The molecule has 4 aromatic heterocycles. The number of rotatable bonds is 4. The summed E-state index contributed by atoms with van der Waals surface area (Å²) in [7, 11) is 1.62. The monoisotopic (exact) mass is 438 g/mol. The molecule has 0 unspecified atom stereocenters. The third-order valence-electron chi connectivity index (χ3n) is 5.09. The molecular weight excluding hydrogens is 424 g/mol. The van der Waals surface area contributed by atoms with Gasteiger partial charge < -0.3 is 4.74 Å². The lowest BCUT2D eigenvalue weighted by molar-refractivity contribution is -0.422. The zero-order chi connectivity index (χ0) is 22.0. The Hall–Kier alpha value is -3.77. The van der Waals surface area contributed by atoms with Crippen molar-refractivity contribution in [1.29, 1.82) is 0 Å². The molecule has 0 radical (unpaired) electrons. The highest BCUT2D eigenvalue weighted by molar-refractivity contribution is 7.26. The molecule has 0 atom stereocenters. The van der Waals surface area contributed by atoms with E-state index in [1.54, 1.807) is 18.4 Å². The zero-order valence-electron chi connectivity index (χ0n) is 16.6. The van der Waals surface area contributed by atoms with Gasteiger partial charge >= 0.3 is 11.4 Å². The third kappa shape index (κ3) is 2.72. The predicted octanol–water partition coefficient (Wildman–Crippen LogP) is 4.23. The highest BCUT2D eigenvalue weighted by atomic mass is 32.1. The molecular formula is C19H14N6O5S. The summed E-state index contributed by atoms with van der Waals surface area (Å²) >= 11 is 1.41. The number of nitro groups is 2. The fraction of sp³-hybridized carbons (Fsp3) is 0.211. The molecule has 0 aliphatic carbocycles. The molecule has 0 spiro atoms. The van der Waals surface area contributed by atoms with Gasteiger partial charge in [0.15, 0.2) is 5.65 Å². The van der Waals surface area contributed by atoms with Gasteiger partial charge in [-0.15, -0.1) is 11.3 Å². The summed E-state index contributed by atoms with van der Waals surface area (Å²) in [4.78, 5) is 36.0. The number of nitrogens with zero attached hydrogens (tertiary/aromatic N) is 6. The lowest BCUT2D eigenvalue weighted by atomic mass is 10.1. The Morgan fingerprint density at radius 2 is 1.77 bits per heavy atom. The van der Waals surface area contributed by atoms with Crippen LogP contribution in [0.4, 0.5) is 11.4 Å². The van der Waals surface area contributed by atoms with Gasteiger partial charge in [-0.25, -0.2) is 15.0 Å². The number of ether oxygens (including phenoxy) is 1. The maximum absolute atomic E-state index is 11.4. The van der Waals surface area contributed by atoms with E-state index >= 15 is 0 Å². The van der Waals surface area contributed by atoms with Crippen LogP contribution in [0.25, 0.3) is 37.1 Å². The fourth-order valence-corrected chi connectivity index (χ4v) is 5.09. The van der Waals surface area contributed by atoms with Gasteiger partial charge in [-0.2, -0.15) is 0 Å². The molecule has 0 fully saturated rings. The summed E-state index contributed by atoms with van der Waals surface area (Å²) in [6, 6.07) is 4.27. The number of fused-ring (bicyclic) bond motifs is 7. The number of methoxy groups -OCH3 is 1. The topological polar surface area (TPSA) is 139 Å². The van der Waals surface area contributed by atoms with Crippen LogP contribution in [0.15, 0.2) is 18.2 Å². The summed E-state index contributed by atoms with van der Waals surface area (Å²) < 4.78 is 7.78. The SMILES string of the molecule is COCc1cc(C)nc2sc3c(nc(C)n4c5cc([N+](=O)[O-])c([N+](=O)[O-])cc5nc34)c12. The average molecular weight is 438 g/mol. The Morgan fingerprint density at radius 3 is 2.45 bits per heavy atom. The second-order valence-corrected chi connectivity index (χ2v) is 8.09. The van der Waals surface area contributed by atoms with Crippen molar-refractivity contribution >= 4 is 59.8 Å². The number of nitro benzene ring substituents is 2. The summed E-state index contributed by atoms with van der Waals surface area (Å²) in [6.45, 7) is 4.06. The van der Waals surface area contributed by atoms with Gasteiger partial charge in [-0.1, -0.05) is 0 Å². The van der Waals surface area contributed by atoms with Crippen molar-refractivity contribution in [1.82, 2.24) is 19.4 Å². The smallest absolute Gasteiger partial charge is 0.348 e. The number of imidazole rings is 1. The first-order valence-electron chi connectivity index (χ1n) is 9.13. The number of pyridine rings is 1. The number of thiophene rings is 1. The molecule has 0 amide bonds. The molecule has 5 aromatic rings. The zero-order valence-corrected chi connectivity index (χ0v) is 17.4. The van der Waals surface area contributed by atoms with Gasteiger partial charge in [0.2, 0.25) is 0 Å². The Morgan fingerprint density at radius 1 is 1.06 bits per heavy atom. The van der Waals surface area contributed by atoms with Gasteiger partial charge in [0.1, 0.15) is 10.7 Å². The second kappa shape index (κ2) is 6.62. The minimum atomic E-state index is -0.772. The predicted molar refractivity (Wildman–Crippen MR) is 115 cm³/mol. The lowest BCUT2D eigenvalue weighted by Gasteiger charge is -2.05. The summed E-state index contributed by atoms with van der Waals surface area (Å²) in [5, 5.41) is 23.6.